The number of para-hydroxylation sites is 2. The van der Waals surface area contributed by atoms with E-state index in [1.807, 2.05) is 31.2 Å². The van der Waals surface area contributed by atoms with Crippen LogP contribution in [0.25, 0.3) is 0 Å². The zero-order chi connectivity index (χ0) is 12.3. The van der Waals surface area contributed by atoms with E-state index in [4.69, 9.17) is 5.73 Å². The van der Waals surface area contributed by atoms with Crippen molar-refractivity contribution < 1.29 is 4.39 Å². The Balaban J connectivity index is 2.10. The molecule has 0 unspecified atom stereocenters. The van der Waals surface area contributed by atoms with Crippen LogP contribution in [0.4, 0.5) is 15.8 Å². The highest BCUT2D eigenvalue weighted by atomic mass is 19.1. The first-order valence-electron chi connectivity index (χ1n) is 5.50. The third kappa shape index (κ3) is 2.75. The van der Waals surface area contributed by atoms with Crippen molar-refractivity contribution in [3.63, 3.8) is 0 Å². The van der Waals surface area contributed by atoms with Crippen LogP contribution in [-0.2, 0) is 6.54 Å². The van der Waals surface area contributed by atoms with E-state index in [0.717, 1.165) is 16.8 Å². The van der Waals surface area contributed by atoms with Gasteiger partial charge < -0.3 is 11.1 Å². The average molecular weight is 230 g/mol. The minimum absolute atomic E-state index is 0.203. The molecule has 3 N–H and O–H groups in total. The summed E-state index contributed by atoms with van der Waals surface area (Å²) in [6.45, 7) is 2.54. The Morgan fingerprint density at radius 2 is 1.94 bits per heavy atom. The summed E-state index contributed by atoms with van der Waals surface area (Å²) < 4.78 is 12.9. The topological polar surface area (TPSA) is 38.0 Å². The predicted octanol–water partition coefficient (Wildman–Crippen LogP) is 3.33. The molecule has 0 aliphatic carbocycles. The van der Waals surface area contributed by atoms with Gasteiger partial charge in [-0.15, -0.1) is 0 Å². The van der Waals surface area contributed by atoms with Gasteiger partial charge in [0.05, 0.1) is 11.4 Å². The molecule has 0 fully saturated rings. The van der Waals surface area contributed by atoms with Crippen LogP contribution in [0, 0.1) is 12.7 Å². The lowest BCUT2D eigenvalue weighted by molar-refractivity contribution is 0.625. The largest absolute Gasteiger partial charge is 0.397 e. The first-order chi connectivity index (χ1) is 8.16. The molecule has 0 bridgehead atoms. The van der Waals surface area contributed by atoms with Crippen molar-refractivity contribution in [3.8, 4) is 0 Å². The molecule has 88 valence electrons. The molecule has 17 heavy (non-hydrogen) atoms. The third-order valence-electron chi connectivity index (χ3n) is 2.73. The van der Waals surface area contributed by atoms with E-state index < -0.39 is 0 Å². The number of hydrogen-bond acceptors (Lipinski definition) is 2. The summed E-state index contributed by atoms with van der Waals surface area (Å²) in [6.07, 6.45) is 0. The fourth-order valence-electron chi connectivity index (χ4n) is 1.71. The van der Waals surface area contributed by atoms with Gasteiger partial charge in [-0.3, -0.25) is 0 Å². The minimum atomic E-state index is -0.203. The fourth-order valence-corrected chi connectivity index (χ4v) is 1.71. The molecule has 3 heteroatoms. The van der Waals surface area contributed by atoms with Crippen LogP contribution in [-0.4, -0.2) is 0 Å². The van der Waals surface area contributed by atoms with Crippen molar-refractivity contribution >= 4 is 11.4 Å². The van der Waals surface area contributed by atoms with Gasteiger partial charge in [0.2, 0.25) is 0 Å². The number of aryl methyl sites for hydroxylation is 1. The Labute approximate surface area is 100 Å². The molecule has 0 spiro atoms. The summed E-state index contributed by atoms with van der Waals surface area (Å²) in [6, 6.07) is 12.4. The van der Waals surface area contributed by atoms with E-state index in [0.29, 0.717) is 12.2 Å². The van der Waals surface area contributed by atoms with Crippen LogP contribution in [0.1, 0.15) is 11.1 Å². The molecule has 2 nitrogen and oxygen atoms in total. The monoisotopic (exact) mass is 230 g/mol. The summed E-state index contributed by atoms with van der Waals surface area (Å²) in [5, 5.41) is 3.24. The number of nitrogens with two attached hydrogens (primary N) is 1. The SMILES string of the molecule is Cc1cc(F)ccc1CNc1ccccc1N. The first-order valence-corrected chi connectivity index (χ1v) is 5.50. The molecule has 0 saturated carbocycles. The van der Waals surface area contributed by atoms with Crippen LogP contribution in [0.15, 0.2) is 42.5 Å². The van der Waals surface area contributed by atoms with Crippen LogP contribution < -0.4 is 11.1 Å². The van der Waals surface area contributed by atoms with Crippen molar-refractivity contribution in [2.75, 3.05) is 11.1 Å². The maximum Gasteiger partial charge on any atom is 0.123 e. The van der Waals surface area contributed by atoms with E-state index in [1.54, 1.807) is 6.07 Å². The van der Waals surface area contributed by atoms with Gasteiger partial charge in [0, 0.05) is 6.54 Å². The lowest BCUT2D eigenvalue weighted by Gasteiger charge is -2.10. The highest BCUT2D eigenvalue weighted by Crippen LogP contribution is 2.18. The zero-order valence-corrected chi connectivity index (χ0v) is 9.70. The van der Waals surface area contributed by atoms with E-state index in [2.05, 4.69) is 5.32 Å². The molecule has 0 atom stereocenters. The first kappa shape index (κ1) is 11.5. The number of hydrogen-bond donors (Lipinski definition) is 2. The summed E-state index contributed by atoms with van der Waals surface area (Å²) in [5.74, 6) is -0.203. The molecule has 2 aromatic rings. The summed E-state index contributed by atoms with van der Waals surface area (Å²) in [5.41, 5.74) is 9.44. The Morgan fingerprint density at radius 1 is 1.18 bits per heavy atom. The number of benzene rings is 2. The highest BCUT2D eigenvalue weighted by Gasteiger charge is 2.01. The zero-order valence-electron chi connectivity index (χ0n) is 9.70. The summed E-state index contributed by atoms with van der Waals surface area (Å²) >= 11 is 0. The molecule has 2 aromatic carbocycles. The van der Waals surface area contributed by atoms with Crippen LogP contribution in [0.2, 0.25) is 0 Å². The highest BCUT2D eigenvalue weighted by molar-refractivity contribution is 5.65. The molecule has 0 amide bonds. The second-order valence-electron chi connectivity index (χ2n) is 4.01. The molecular formula is C14H15FN2. The number of anilines is 2. The molecule has 0 aliphatic heterocycles. The third-order valence-corrected chi connectivity index (χ3v) is 2.73. The summed E-state index contributed by atoms with van der Waals surface area (Å²) in [4.78, 5) is 0. The number of nitrogen functional groups attached to an aromatic ring is 1. The van der Waals surface area contributed by atoms with E-state index in [-0.39, 0.29) is 5.82 Å². The lowest BCUT2D eigenvalue weighted by Crippen LogP contribution is -2.03. The molecule has 0 aromatic heterocycles. The summed E-state index contributed by atoms with van der Waals surface area (Å²) in [7, 11) is 0. The normalized spacial score (nSPS) is 10.2. The smallest absolute Gasteiger partial charge is 0.123 e. The van der Waals surface area contributed by atoms with Gasteiger partial charge in [0.15, 0.2) is 0 Å². The maximum absolute atomic E-state index is 12.9. The standard InChI is InChI=1S/C14H15FN2/c1-10-8-12(15)7-6-11(10)9-17-14-5-3-2-4-13(14)16/h2-8,17H,9,16H2,1H3. The predicted molar refractivity (Wildman–Crippen MR) is 69.3 cm³/mol. The van der Waals surface area contributed by atoms with Crippen molar-refractivity contribution in [3.05, 3.63) is 59.4 Å². The Morgan fingerprint density at radius 3 is 2.65 bits per heavy atom. The van der Waals surface area contributed by atoms with Gasteiger partial charge >= 0.3 is 0 Å². The Kier molecular flexibility index (Phi) is 3.28. The van der Waals surface area contributed by atoms with Crippen LogP contribution >= 0.6 is 0 Å². The quantitative estimate of drug-likeness (QED) is 0.794. The molecular weight excluding hydrogens is 215 g/mol. The number of halogens is 1. The Hall–Kier alpha value is -2.03. The average Bonchev–Trinajstić information content (AvgIpc) is 2.30. The van der Waals surface area contributed by atoms with E-state index >= 15 is 0 Å². The van der Waals surface area contributed by atoms with E-state index in [1.165, 1.54) is 12.1 Å². The van der Waals surface area contributed by atoms with Crippen molar-refractivity contribution in [2.45, 2.75) is 13.5 Å². The van der Waals surface area contributed by atoms with Gasteiger partial charge in [-0.2, -0.15) is 0 Å². The second kappa shape index (κ2) is 4.87. The van der Waals surface area contributed by atoms with Gasteiger partial charge in [0.25, 0.3) is 0 Å². The second-order valence-corrected chi connectivity index (χ2v) is 4.01. The van der Waals surface area contributed by atoms with Crippen molar-refractivity contribution in [2.24, 2.45) is 0 Å². The molecule has 0 radical (unpaired) electrons. The van der Waals surface area contributed by atoms with Gasteiger partial charge in [-0.25, -0.2) is 4.39 Å². The maximum atomic E-state index is 12.9. The molecule has 0 aliphatic rings. The molecule has 0 saturated heterocycles. The number of rotatable bonds is 3. The fraction of sp³-hybridized carbons (Fsp3) is 0.143. The van der Waals surface area contributed by atoms with Crippen LogP contribution in [0.3, 0.4) is 0 Å². The van der Waals surface area contributed by atoms with Crippen molar-refractivity contribution in [1.82, 2.24) is 0 Å². The van der Waals surface area contributed by atoms with Gasteiger partial charge in [0.1, 0.15) is 5.82 Å². The van der Waals surface area contributed by atoms with Gasteiger partial charge in [-0.1, -0.05) is 18.2 Å². The number of nitrogens with one attached hydrogen (secondary N) is 1. The minimum Gasteiger partial charge on any atom is -0.397 e. The van der Waals surface area contributed by atoms with E-state index in [9.17, 15) is 4.39 Å². The van der Waals surface area contributed by atoms with Crippen LogP contribution in [0.5, 0.6) is 0 Å². The Bertz CT molecular complexity index is 523. The van der Waals surface area contributed by atoms with Crippen molar-refractivity contribution in [1.29, 1.82) is 0 Å². The lowest BCUT2D eigenvalue weighted by atomic mass is 10.1. The molecule has 0 heterocycles. The van der Waals surface area contributed by atoms with Gasteiger partial charge in [-0.05, 0) is 42.3 Å². The molecule has 2 rings (SSSR count).